The van der Waals surface area contributed by atoms with E-state index in [0.717, 1.165) is 0 Å². The summed E-state index contributed by atoms with van der Waals surface area (Å²) in [5, 5.41) is 5.99. The molecular formula is C21H22ClN3O4. The third kappa shape index (κ3) is 5.26. The van der Waals surface area contributed by atoms with Crippen molar-refractivity contribution in [2.24, 2.45) is 0 Å². The van der Waals surface area contributed by atoms with Gasteiger partial charge in [-0.15, -0.1) is 0 Å². The van der Waals surface area contributed by atoms with Crippen LogP contribution in [0, 0.1) is 0 Å². The second-order valence-corrected chi connectivity index (χ2v) is 6.96. The zero-order chi connectivity index (χ0) is 20.8. The van der Waals surface area contributed by atoms with Gasteiger partial charge in [0, 0.05) is 29.4 Å². The molecule has 1 heterocycles. The summed E-state index contributed by atoms with van der Waals surface area (Å²) in [4.78, 5) is 39.2. The standard InChI is InChI=1S/C21H22ClN3O4/c1-2-29-17-9-7-16(8-10-17)24-19(26)13-18-20(27)23-11-12-25(18)21(28)14-3-5-15(22)6-4-14/h3-10,18H,2,11-13H2,1H3,(H,23,27)(H,24,26)/t18-/m1/s1. The number of nitrogens with zero attached hydrogens (tertiary/aromatic N) is 1. The molecule has 1 fully saturated rings. The zero-order valence-electron chi connectivity index (χ0n) is 16.0. The lowest BCUT2D eigenvalue weighted by molar-refractivity contribution is -0.131. The first kappa shape index (κ1) is 20.7. The predicted octanol–water partition coefficient (Wildman–Crippen LogP) is 2.71. The highest BCUT2D eigenvalue weighted by Gasteiger charge is 2.35. The Hall–Kier alpha value is -3.06. The molecule has 2 aromatic rings. The fourth-order valence-electron chi connectivity index (χ4n) is 3.11. The molecular weight excluding hydrogens is 394 g/mol. The number of amides is 3. The van der Waals surface area contributed by atoms with Crippen LogP contribution in [0.15, 0.2) is 48.5 Å². The summed E-state index contributed by atoms with van der Waals surface area (Å²) in [7, 11) is 0. The van der Waals surface area contributed by atoms with E-state index in [1.807, 2.05) is 6.92 Å². The van der Waals surface area contributed by atoms with E-state index in [0.29, 0.717) is 41.7 Å². The smallest absolute Gasteiger partial charge is 0.254 e. The maximum absolute atomic E-state index is 12.9. The van der Waals surface area contributed by atoms with Crippen LogP contribution in [0.3, 0.4) is 0 Å². The molecule has 0 spiro atoms. The lowest BCUT2D eigenvalue weighted by atomic mass is 10.1. The van der Waals surface area contributed by atoms with Crippen LogP contribution >= 0.6 is 11.6 Å². The molecule has 2 aromatic carbocycles. The maximum Gasteiger partial charge on any atom is 0.254 e. The summed E-state index contributed by atoms with van der Waals surface area (Å²) < 4.78 is 5.37. The number of anilines is 1. The molecule has 8 heteroatoms. The van der Waals surface area contributed by atoms with E-state index < -0.39 is 6.04 Å². The monoisotopic (exact) mass is 415 g/mol. The number of piperazine rings is 1. The van der Waals surface area contributed by atoms with E-state index in [2.05, 4.69) is 10.6 Å². The lowest BCUT2D eigenvalue weighted by Gasteiger charge is -2.34. The molecule has 0 bridgehead atoms. The van der Waals surface area contributed by atoms with Gasteiger partial charge in [-0.05, 0) is 55.5 Å². The van der Waals surface area contributed by atoms with E-state index in [4.69, 9.17) is 16.3 Å². The van der Waals surface area contributed by atoms with Crippen molar-refractivity contribution in [1.29, 1.82) is 0 Å². The van der Waals surface area contributed by atoms with Crippen LogP contribution in [0.4, 0.5) is 5.69 Å². The van der Waals surface area contributed by atoms with Gasteiger partial charge < -0.3 is 20.3 Å². The van der Waals surface area contributed by atoms with Crippen molar-refractivity contribution < 1.29 is 19.1 Å². The highest BCUT2D eigenvalue weighted by Crippen LogP contribution is 2.19. The second kappa shape index (κ2) is 9.43. The Morgan fingerprint density at radius 1 is 1.17 bits per heavy atom. The van der Waals surface area contributed by atoms with Gasteiger partial charge in [0.15, 0.2) is 0 Å². The fraction of sp³-hybridized carbons (Fsp3) is 0.286. The van der Waals surface area contributed by atoms with Gasteiger partial charge in [0.2, 0.25) is 11.8 Å². The van der Waals surface area contributed by atoms with Gasteiger partial charge in [0.25, 0.3) is 5.91 Å². The number of nitrogens with one attached hydrogen (secondary N) is 2. The second-order valence-electron chi connectivity index (χ2n) is 6.52. The van der Waals surface area contributed by atoms with E-state index in [-0.39, 0.29) is 24.1 Å². The van der Waals surface area contributed by atoms with Crippen LogP contribution in [0.2, 0.25) is 5.02 Å². The van der Waals surface area contributed by atoms with Crippen LogP contribution in [-0.2, 0) is 9.59 Å². The van der Waals surface area contributed by atoms with E-state index in [1.54, 1.807) is 48.5 Å². The molecule has 1 saturated heterocycles. The van der Waals surface area contributed by atoms with Crippen molar-refractivity contribution in [2.75, 3.05) is 25.0 Å². The zero-order valence-corrected chi connectivity index (χ0v) is 16.7. The molecule has 2 N–H and O–H groups in total. The average molecular weight is 416 g/mol. The number of carbonyl (C=O) groups is 3. The predicted molar refractivity (Wildman–Crippen MR) is 110 cm³/mol. The van der Waals surface area contributed by atoms with Crippen LogP contribution in [0.25, 0.3) is 0 Å². The first-order valence-electron chi connectivity index (χ1n) is 9.35. The largest absolute Gasteiger partial charge is 0.494 e. The van der Waals surface area contributed by atoms with Crippen molar-refractivity contribution in [3.8, 4) is 5.75 Å². The first-order valence-corrected chi connectivity index (χ1v) is 9.72. The van der Waals surface area contributed by atoms with Crippen molar-refractivity contribution in [3.63, 3.8) is 0 Å². The van der Waals surface area contributed by atoms with Gasteiger partial charge in [-0.2, -0.15) is 0 Å². The van der Waals surface area contributed by atoms with Crippen molar-refractivity contribution >= 4 is 35.0 Å². The number of benzene rings is 2. The van der Waals surface area contributed by atoms with Crippen LogP contribution in [0.5, 0.6) is 5.75 Å². The van der Waals surface area contributed by atoms with Crippen LogP contribution in [-0.4, -0.2) is 48.4 Å². The molecule has 1 aliphatic rings. The minimum absolute atomic E-state index is 0.141. The van der Waals surface area contributed by atoms with Crippen molar-refractivity contribution in [1.82, 2.24) is 10.2 Å². The van der Waals surface area contributed by atoms with Crippen LogP contribution < -0.4 is 15.4 Å². The van der Waals surface area contributed by atoms with Gasteiger partial charge in [-0.25, -0.2) is 0 Å². The number of halogens is 1. The molecule has 29 heavy (non-hydrogen) atoms. The molecule has 0 radical (unpaired) electrons. The minimum atomic E-state index is -0.880. The summed E-state index contributed by atoms with van der Waals surface area (Å²) in [5.74, 6) is -0.308. The third-order valence-corrected chi connectivity index (χ3v) is 4.76. The first-order chi connectivity index (χ1) is 14.0. The fourth-order valence-corrected chi connectivity index (χ4v) is 3.23. The van der Waals surface area contributed by atoms with E-state index >= 15 is 0 Å². The van der Waals surface area contributed by atoms with Gasteiger partial charge in [0.1, 0.15) is 11.8 Å². The summed E-state index contributed by atoms with van der Waals surface area (Å²) in [6.45, 7) is 3.12. The number of rotatable bonds is 6. The topological polar surface area (TPSA) is 87.7 Å². The quantitative estimate of drug-likeness (QED) is 0.759. The molecule has 152 valence electrons. The lowest BCUT2D eigenvalue weighted by Crippen LogP contribution is -2.58. The van der Waals surface area contributed by atoms with Crippen LogP contribution in [0.1, 0.15) is 23.7 Å². The Morgan fingerprint density at radius 3 is 2.52 bits per heavy atom. The SMILES string of the molecule is CCOc1ccc(NC(=O)C[C@@H]2C(=O)NCCN2C(=O)c2ccc(Cl)cc2)cc1. The van der Waals surface area contributed by atoms with Crippen molar-refractivity contribution in [2.45, 2.75) is 19.4 Å². The highest BCUT2D eigenvalue weighted by atomic mass is 35.5. The Kier molecular flexibility index (Phi) is 6.72. The Labute approximate surface area is 174 Å². The molecule has 0 saturated carbocycles. The minimum Gasteiger partial charge on any atom is -0.494 e. The summed E-state index contributed by atoms with van der Waals surface area (Å²) in [5.41, 5.74) is 1.01. The molecule has 0 aromatic heterocycles. The van der Waals surface area contributed by atoms with Gasteiger partial charge in [-0.3, -0.25) is 14.4 Å². The molecule has 1 aliphatic heterocycles. The van der Waals surface area contributed by atoms with E-state index in [1.165, 1.54) is 4.90 Å². The summed E-state index contributed by atoms with van der Waals surface area (Å²) in [6.07, 6.45) is -0.141. The molecule has 3 amide bonds. The number of carbonyl (C=O) groups excluding carboxylic acids is 3. The third-order valence-electron chi connectivity index (χ3n) is 4.51. The molecule has 3 rings (SSSR count). The van der Waals surface area contributed by atoms with Gasteiger partial charge in [-0.1, -0.05) is 11.6 Å². The molecule has 0 unspecified atom stereocenters. The molecule has 7 nitrogen and oxygen atoms in total. The average Bonchev–Trinajstić information content (AvgIpc) is 2.71. The maximum atomic E-state index is 12.9. The molecule has 1 atom stereocenters. The number of ether oxygens (including phenoxy) is 1. The number of hydrogen-bond donors (Lipinski definition) is 2. The van der Waals surface area contributed by atoms with Gasteiger partial charge in [0.05, 0.1) is 13.0 Å². The number of hydrogen-bond acceptors (Lipinski definition) is 4. The Balaban J connectivity index is 1.68. The highest BCUT2D eigenvalue weighted by molar-refractivity contribution is 6.30. The van der Waals surface area contributed by atoms with Gasteiger partial charge >= 0.3 is 0 Å². The Morgan fingerprint density at radius 2 is 1.86 bits per heavy atom. The summed E-state index contributed by atoms with van der Waals surface area (Å²) >= 11 is 5.88. The summed E-state index contributed by atoms with van der Waals surface area (Å²) in [6, 6.07) is 12.5. The Bertz CT molecular complexity index is 884. The van der Waals surface area contributed by atoms with E-state index in [9.17, 15) is 14.4 Å². The molecule has 0 aliphatic carbocycles. The normalized spacial score (nSPS) is 16.1. The van der Waals surface area contributed by atoms with Crippen molar-refractivity contribution in [3.05, 3.63) is 59.1 Å².